The number of sulfonamides is 1. The Labute approximate surface area is 196 Å². The van der Waals surface area contributed by atoms with Crippen LogP contribution in [0.2, 0.25) is 0 Å². The van der Waals surface area contributed by atoms with Gasteiger partial charge < -0.3 is 5.11 Å². The molecular formula is C23H24N4O6S. The number of carboxylic acid groups (broad SMARTS) is 1. The predicted molar refractivity (Wildman–Crippen MR) is 127 cm³/mol. The van der Waals surface area contributed by atoms with Crippen molar-refractivity contribution in [2.75, 3.05) is 10.1 Å². The number of para-hydroxylation sites is 1. The summed E-state index contributed by atoms with van der Waals surface area (Å²) < 4.78 is 27.8. The van der Waals surface area contributed by atoms with Gasteiger partial charge in [0.25, 0.3) is 15.7 Å². The van der Waals surface area contributed by atoms with E-state index < -0.39 is 26.6 Å². The van der Waals surface area contributed by atoms with Gasteiger partial charge in [0.2, 0.25) is 0 Å². The quantitative estimate of drug-likeness (QED) is 0.284. The van der Waals surface area contributed by atoms with Crippen LogP contribution in [0.15, 0.2) is 64.1 Å². The molecule has 0 radical (unpaired) electrons. The van der Waals surface area contributed by atoms with Crippen LogP contribution in [-0.2, 0) is 10.0 Å². The fraction of sp³-hybridized carbons (Fsp3) is 0.304. The van der Waals surface area contributed by atoms with Gasteiger partial charge in [-0.1, -0.05) is 32.1 Å². The number of fused-ring (bicyclic) bond motifs is 1. The molecule has 0 unspecified atom stereocenters. The number of anilines is 2. The molecule has 2 atom stereocenters. The van der Waals surface area contributed by atoms with Crippen molar-refractivity contribution in [1.82, 2.24) is 0 Å². The summed E-state index contributed by atoms with van der Waals surface area (Å²) >= 11 is 0. The van der Waals surface area contributed by atoms with E-state index in [1.165, 1.54) is 36.4 Å². The van der Waals surface area contributed by atoms with Gasteiger partial charge in [0.1, 0.15) is 5.69 Å². The fourth-order valence-corrected chi connectivity index (χ4v) is 5.71. The number of aromatic carboxylic acids is 1. The van der Waals surface area contributed by atoms with Crippen LogP contribution in [-0.4, -0.2) is 30.6 Å². The average Bonchev–Trinajstić information content (AvgIpc) is 2.79. The molecule has 1 saturated carbocycles. The first-order valence-corrected chi connectivity index (χ1v) is 12.1. The molecule has 11 heteroatoms. The van der Waals surface area contributed by atoms with E-state index in [9.17, 15) is 28.4 Å². The zero-order chi connectivity index (χ0) is 24.7. The van der Waals surface area contributed by atoms with Gasteiger partial charge in [-0.05, 0) is 59.9 Å². The Morgan fingerprint density at radius 1 is 1.24 bits per heavy atom. The minimum atomic E-state index is -4.29. The fourth-order valence-electron chi connectivity index (χ4n) is 4.61. The molecule has 10 nitrogen and oxygen atoms in total. The van der Waals surface area contributed by atoms with Crippen molar-refractivity contribution in [3.05, 3.63) is 69.8 Å². The molecule has 2 aromatic carbocycles. The standard InChI is InChI=1S/C23H24N4O6S/c1-23(2)15-8-7-14(18(23)11-15)13-24-25-20-10-9-16(12-21(20)27(30)31)34(32,33)26-19-6-4-3-5-17(19)22(28)29/h3-7,9-10,12-13,15,18,25-26H,8,11H2,1-2H3,(H,28,29)/b24-13+/t15-,18-/m0/s1. The first-order chi connectivity index (χ1) is 16.0. The number of carbonyl (C=O) groups is 1. The lowest BCUT2D eigenvalue weighted by Gasteiger charge is -2.55. The van der Waals surface area contributed by atoms with Gasteiger partial charge in [-0.25, -0.2) is 13.2 Å². The summed E-state index contributed by atoms with van der Waals surface area (Å²) in [5.74, 6) is -0.232. The van der Waals surface area contributed by atoms with Crippen LogP contribution in [0.4, 0.5) is 17.1 Å². The number of carboxylic acids is 1. The van der Waals surface area contributed by atoms with Gasteiger partial charge in [0.05, 0.1) is 27.3 Å². The second kappa shape index (κ2) is 8.56. The SMILES string of the molecule is CC1(C)[C@H]2CC=C(/C=N/Nc3ccc(S(=O)(=O)Nc4ccccc4C(=O)O)cc3[N+](=O)[O-])[C@@H]1C2. The Morgan fingerprint density at radius 3 is 2.62 bits per heavy atom. The molecule has 3 N–H and O–H groups in total. The van der Waals surface area contributed by atoms with Crippen LogP contribution in [0.1, 0.15) is 37.0 Å². The van der Waals surface area contributed by atoms with Crippen molar-refractivity contribution >= 4 is 39.3 Å². The van der Waals surface area contributed by atoms with Gasteiger partial charge in [0, 0.05) is 6.07 Å². The van der Waals surface area contributed by atoms with Gasteiger partial charge in [0.15, 0.2) is 0 Å². The molecule has 3 aliphatic rings. The first kappa shape index (κ1) is 23.4. The number of nitrogens with one attached hydrogen (secondary N) is 2. The largest absolute Gasteiger partial charge is 0.478 e. The first-order valence-electron chi connectivity index (χ1n) is 10.6. The lowest BCUT2D eigenvalue weighted by Crippen LogP contribution is -2.48. The van der Waals surface area contributed by atoms with E-state index >= 15 is 0 Å². The van der Waals surface area contributed by atoms with Crippen LogP contribution in [0.25, 0.3) is 0 Å². The normalized spacial score (nSPS) is 20.8. The second-order valence-corrected chi connectivity index (χ2v) is 10.7. The smallest absolute Gasteiger partial charge is 0.337 e. The summed E-state index contributed by atoms with van der Waals surface area (Å²) in [5, 5.41) is 25.0. The van der Waals surface area contributed by atoms with Gasteiger partial charge >= 0.3 is 5.97 Å². The maximum absolute atomic E-state index is 12.8. The van der Waals surface area contributed by atoms with E-state index in [0.29, 0.717) is 11.8 Å². The third kappa shape index (κ3) is 4.26. The predicted octanol–water partition coefficient (Wildman–Crippen LogP) is 4.48. The van der Waals surface area contributed by atoms with E-state index in [1.807, 2.05) is 0 Å². The number of rotatable bonds is 8. The van der Waals surface area contributed by atoms with Crippen molar-refractivity contribution in [1.29, 1.82) is 0 Å². The lowest BCUT2D eigenvalue weighted by molar-refractivity contribution is -0.384. The van der Waals surface area contributed by atoms with Crippen LogP contribution >= 0.6 is 0 Å². The van der Waals surface area contributed by atoms with Crippen LogP contribution < -0.4 is 10.1 Å². The third-order valence-electron chi connectivity index (χ3n) is 6.79. The summed E-state index contributed by atoms with van der Waals surface area (Å²) in [6.07, 6.45) is 5.89. The van der Waals surface area contributed by atoms with Crippen LogP contribution in [0.3, 0.4) is 0 Å². The number of hydrazone groups is 1. The topological polar surface area (TPSA) is 151 Å². The highest BCUT2D eigenvalue weighted by Gasteiger charge is 2.50. The zero-order valence-electron chi connectivity index (χ0n) is 18.6. The van der Waals surface area contributed by atoms with Gasteiger partial charge in [-0.2, -0.15) is 5.10 Å². The van der Waals surface area contributed by atoms with Crippen molar-refractivity contribution in [3.8, 4) is 0 Å². The Balaban J connectivity index is 1.55. The van der Waals surface area contributed by atoms with E-state index in [0.717, 1.165) is 24.5 Å². The van der Waals surface area contributed by atoms with Crippen LogP contribution in [0, 0.1) is 27.4 Å². The van der Waals surface area contributed by atoms with Crippen molar-refractivity contribution < 1.29 is 23.2 Å². The number of benzene rings is 2. The molecule has 0 spiro atoms. The minimum Gasteiger partial charge on any atom is -0.478 e. The summed E-state index contributed by atoms with van der Waals surface area (Å²) in [7, 11) is -4.29. The van der Waals surface area contributed by atoms with Crippen molar-refractivity contribution in [2.24, 2.45) is 22.4 Å². The molecule has 178 valence electrons. The third-order valence-corrected chi connectivity index (χ3v) is 8.15. The molecule has 2 aromatic rings. The van der Waals surface area contributed by atoms with Gasteiger partial charge in [-0.3, -0.25) is 20.3 Å². The zero-order valence-corrected chi connectivity index (χ0v) is 19.4. The highest BCUT2D eigenvalue weighted by Crippen LogP contribution is 2.58. The molecule has 0 heterocycles. The average molecular weight is 485 g/mol. The Bertz CT molecular complexity index is 1330. The summed E-state index contributed by atoms with van der Waals surface area (Å²) in [6.45, 7) is 4.46. The highest BCUT2D eigenvalue weighted by molar-refractivity contribution is 7.92. The number of nitro groups is 1. The minimum absolute atomic E-state index is 0.0355. The molecule has 0 aliphatic heterocycles. The van der Waals surface area contributed by atoms with E-state index in [2.05, 4.69) is 35.2 Å². The Hall–Kier alpha value is -3.73. The molecule has 2 bridgehead atoms. The molecule has 3 aliphatic carbocycles. The Morgan fingerprint density at radius 2 is 1.97 bits per heavy atom. The number of hydrogen-bond donors (Lipinski definition) is 3. The molecule has 0 saturated heterocycles. The number of allylic oxidation sites excluding steroid dienone is 2. The van der Waals surface area contributed by atoms with Gasteiger partial charge in [-0.15, -0.1) is 0 Å². The summed E-state index contributed by atoms with van der Waals surface area (Å²) in [6, 6.07) is 8.84. The maximum Gasteiger partial charge on any atom is 0.337 e. The van der Waals surface area contributed by atoms with Crippen molar-refractivity contribution in [3.63, 3.8) is 0 Å². The number of hydrogen-bond acceptors (Lipinski definition) is 7. The second-order valence-electron chi connectivity index (χ2n) is 9.01. The monoisotopic (exact) mass is 484 g/mol. The molecule has 34 heavy (non-hydrogen) atoms. The van der Waals surface area contributed by atoms with Crippen LogP contribution in [0.5, 0.6) is 0 Å². The molecule has 1 fully saturated rings. The number of nitrogens with zero attached hydrogens (tertiary/aromatic N) is 2. The molecule has 5 rings (SSSR count). The van der Waals surface area contributed by atoms with E-state index in [-0.39, 0.29) is 27.2 Å². The molecule has 0 amide bonds. The summed E-state index contributed by atoms with van der Waals surface area (Å²) in [4.78, 5) is 21.9. The van der Waals surface area contributed by atoms with Crippen molar-refractivity contribution in [2.45, 2.75) is 31.6 Å². The summed E-state index contributed by atoms with van der Waals surface area (Å²) in [5.41, 5.74) is 3.12. The number of nitro benzene ring substituents is 1. The molecule has 0 aromatic heterocycles. The molecular weight excluding hydrogens is 460 g/mol. The maximum atomic E-state index is 12.8. The lowest BCUT2D eigenvalue weighted by atomic mass is 9.49. The van der Waals surface area contributed by atoms with E-state index in [1.54, 1.807) is 6.21 Å². The van der Waals surface area contributed by atoms with E-state index in [4.69, 9.17) is 0 Å². The highest BCUT2D eigenvalue weighted by atomic mass is 32.2. The Kier molecular flexibility index (Phi) is 5.90.